The Kier molecular flexibility index (Phi) is 7.02. The van der Waals surface area contributed by atoms with Crippen molar-refractivity contribution in [3.05, 3.63) is 39.9 Å². The van der Waals surface area contributed by atoms with Gasteiger partial charge in [-0.05, 0) is 14.1 Å². The van der Waals surface area contributed by atoms with Crippen molar-refractivity contribution in [2.45, 2.75) is 6.54 Å². The van der Waals surface area contributed by atoms with E-state index in [2.05, 4.69) is 10.2 Å². The van der Waals surface area contributed by atoms with Crippen LogP contribution in [-0.4, -0.2) is 50.2 Å². The Hall–Kier alpha value is -1.50. The fourth-order valence-corrected chi connectivity index (χ4v) is 1.56. The molecule has 0 aromatic heterocycles. The van der Waals surface area contributed by atoms with Gasteiger partial charge in [0.2, 0.25) is 0 Å². The molecule has 0 aliphatic heterocycles. The molecular formula is C13H21N3O3. The molecule has 1 aromatic carbocycles. The summed E-state index contributed by atoms with van der Waals surface area (Å²) in [7, 11) is 3.99. The Morgan fingerprint density at radius 2 is 2.05 bits per heavy atom. The van der Waals surface area contributed by atoms with Crippen molar-refractivity contribution in [3.63, 3.8) is 0 Å². The molecule has 0 bridgehead atoms. The first-order valence-electron chi connectivity index (χ1n) is 6.26. The van der Waals surface area contributed by atoms with Crippen LogP contribution in [0.4, 0.5) is 5.69 Å². The molecule has 19 heavy (non-hydrogen) atoms. The molecule has 6 heteroatoms. The first kappa shape index (κ1) is 15.6. The molecule has 1 aromatic rings. The van der Waals surface area contributed by atoms with Gasteiger partial charge in [0.25, 0.3) is 5.69 Å². The minimum Gasteiger partial charge on any atom is -0.379 e. The van der Waals surface area contributed by atoms with Crippen LogP contribution in [0.5, 0.6) is 0 Å². The highest BCUT2D eigenvalue weighted by Gasteiger charge is 2.10. The van der Waals surface area contributed by atoms with Crippen LogP contribution in [0.15, 0.2) is 24.3 Å². The van der Waals surface area contributed by atoms with Gasteiger partial charge in [0.1, 0.15) is 0 Å². The molecule has 0 amide bonds. The second-order valence-electron chi connectivity index (χ2n) is 4.48. The maximum Gasteiger partial charge on any atom is 0.273 e. The topological polar surface area (TPSA) is 67.6 Å². The highest BCUT2D eigenvalue weighted by molar-refractivity contribution is 5.39. The Bertz CT molecular complexity index is 396. The molecule has 1 rings (SSSR count). The monoisotopic (exact) mass is 267 g/mol. The summed E-state index contributed by atoms with van der Waals surface area (Å²) in [6, 6.07) is 6.76. The van der Waals surface area contributed by atoms with E-state index < -0.39 is 0 Å². The smallest absolute Gasteiger partial charge is 0.273 e. The number of nitrogens with one attached hydrogen (secondary N) is 1. The van der Waals surface area contributed by atoms with Crippen molar-refractivity contribution in [1.29, 1.82) is 0 Å². The predicted molar refractivity (Wildman–Crippen MR) is 74.2 cm³/mol. The molecule has 6 nitrogen and oxygen atoms in total. The van der Waals surface area contributed by atoms with Gasteiger partial charge in [0.05, 0.1) is 18.1 Å². The largest absolute Gasteiger partial charge is 0.379 e. The second-order valence-corrected chi connectivity index (χ2v) is 4.48. The number of likely N-dealkylation sites (N-methyl/N-ethyl adjacent to an activating group) is 1. The third-order valence-corrected chi connectivity index (χ3v) is 2.61. The summed E-state index contributed by atoms with van der Waals surface area (Å²) in [6.45, 7) is 3.35. The lowest BCUT2D eigenvalue weighted by Gasteiger charge is -2.10. The van der Waals surface area contributed by atoms with Gasteiger partial charge in [-0.15, -0.1) is 0 Å². The Balaban J connectivity index is 2.21. The van der Waals surface area contributed by atoms with E-state index in [9.17, 15) is 10.1 Å². The van der Waals surface area contributed by atoms with Crippen molar-refractivity contribution < 1.29 is 9.66 Å². The van der Waals surface area contributed by atoms with E-state index in [4.69, 9.17) is 4.74 Å². The Morgan fingerprint density at radius 3 is 2.74 bits per heavy atom. The van der Waals surface area contributed by atoms with Gasteiger partial charge in [-0.3, -0.25) is 10.1 Å². The lowest BCUT2D eigenvalue weighted by molar-refractivity contribution is -0.385. The first-order chi connectivity index (χ1) is 9.11. The Morgan fingerprint density at radius 1 is 1.32 bits per heavy atom. The number of nitro benzene ring substituents is 1. The average Bonchev–Trinajstić information content (AvgIpc) is 2.37. The van der Waals surface area contributed by atoms with E-state index in [1.165, 1.54) is 6.07 Å². The van der Waals surface area contributed by atoms with Crippen LogP contribution in [0.3, 0.4) is 0 Å². The van der Waals surface area contributed by atoms with Gasteiger partial charge in [0, 0.05) is 31.3 Å². The first-order valence-corrected chi connectivity index (χ1v) is 6.26. The zero-order chi connectivity index (χ0) is 14.1. The summed E-state index contributed by atoms with van der Waals surface area (Å²) in [5.74, 6) is 0. The normalized spacial score (nSPS) is 10.9. The van der Waals surface area contributed by atoms with Gasteiger partial charge in [-0.1, -0.05) is 18.2 Å². The molecule has 0 fully saturated rings. The number of para-hydroxylation sites is 1. The van der Waals surface area contributed by atoms with Crippen LogP contribution in [0.2, 0.25) is 0 Å². The zero-order valence-electron chi connectivity index (χ0n) is 11.5. The Labute approximate surface area is 113 Å². The van der Waals surface area contributed by atoms with Crippen LogP contribution in [-0.2, 0) is 11.3 Å². The van der Waals surface area contributed by atoms with E-state index >= 15 is 0 Å². The summed E-state index contributed by atoms with van der Waals surface area (Å²) in [5, 5.41) is 14.0. The van der Waals surface area contributed by atoms with E-state index in [0.717, 1.165) is 6.54 Å². The van der Waals surface area contributed by atoms with Crippen LogP contribution < -0.4 is 5.32 Å². The summed E-state index contributed by atoms with van der Waals surface area (Å²) in [5.41, 5.74) is 0.851. The summed E-state index contributed by atoms with van der Waals surface area (Å²) in [6.07, 6.45) is 0. The lowest BCUT2D eigenvalue weighted by Crippen LogP contribution is -2.23. The number of nitrogens with zero attached hydrogens (tertiary/aromatic N) is 2. The molecule has 0 aliphatic carbocycles. The standard InChI is InChI=1S/C13H21N3O3/c1-15(2)8-10-19-9-7-14-11-12-5-3-4-6-13(12)16(17)18/h3-6,14H,7-11H2,1-2H3. The fourth-order valence-electron chi connectivity index (χ4n) is 1.56. The van der Waals surface area contributed by atoms with Crippen LogP contribution >= 0.6 is 0 Å². The summed E-state index contributed by atoms with van der Waals surface area (Å²) >= 11 is 0. The minimum absolute atomic E-state index is 0.156. The number of nitro groups is 1. The number of hydrogen-bond acceptors (Lipinski definition) is 5. The molecule has 1 N–H and O–H groups in total. The molecule has 0 spiro atoms. The number of rotatable bonds is 9. The van der Waals surface area contributed by atoms with Gasteiger partial charge in [-0.25, -0.2) is 0 Å². The predicted octanol–water partition coefficient (Wildman–Crippen LogP) is 1.26. The zero-order valence-corrected chi connectivity index (χ0v) is 11.5. The molecule has 0 saturated heterocycles. The molecule has 106 valence electrons. The van der Waals surface area contributed by atoms with E-state index in [-0.39, 0.29) is 10.6 Å². The van der Waals surface area contributed by atoms with Crippen LogP contribution in [0.25, 0.3) is 0 Å². The lowest BCUT2D eigenvalue weighted by atomic mass is 10.2. The third kappa shape index (κ3) is 6.28. The molecule has 0 unspecified atom stereocenters. The van der Waals surface area contributed by atoms with Gasteiger partial charge in [-0.2, -0.15) is 0 Å². The molecule has 0 radical (unpaired) electrons. The van der Waals surface area contributed by atoms with Crippen molar-refractivity contribution in [1.82, 2.24) is 10.2 Å². The van der Waals surface area contributed by atoms with Crippen LogP contribution in [0, 0.1) is 10.1 Å². The molecule has 0 heterocycles. The molecule has 0 atom stereocenters. The SMILES string of the molecule is CN(C)CCOCCNCc1ccccc1[N+](=O)[O-]. The fraction of sp³-hybridized carbons (Fsp3) is 0.538. The molecular weight excluding hydrogens is 246 g/mol. The second kappa shape index (κ2) is 8.58. The van der Waals surface area contributed by atoms with Gasteiger partial charge >= 0.3 is 0 Å². The quantitative estimate of drug-likeness (QED) is 0.414. The van der Waals surface area contributed by atoms with Crippen molar-refractivity contribution in [3.8, 4) is 0 Å². The average molecular weight is 267 g/mol. The van der Waals surface area contributed by atoms with E-state index in [1.807, 2.05) is 14.1 Å². The van der Waals surface area contributed by atoms with Crippen molar-refractivity contribution >= 4 is 5.69 Å². The summed E-state index contributed by atoms with van der Waals surface area (Å²) in [4.78, 5) is 12.5. The molecule has 0 saturated carbocycles. The highest BCUT2D eigenvalue weighted by atomic mass is 16.6. The van der Waals surface area contributed by atoms with Gasteiger partial charge < -0.3 is 15.0 Å². The number of benzene rings is 1. The highest BCUT2D eigenvalue weighted by Crippen LogP contribution is 2.16. The minimum atomic E-state index is -0.357. The van der Waals surface area contributed by atoms with Crippen LogP contribution in [0.1, 0.15) is 5.56 Å². The third-order valence-electron chi connectivity index (χ3n) is 2.61. The van der Waals surface area contributed by atoms with Crippen molar-refractivity contribution in [2.75, 3.05) is 40.4 Å². The maximum absolute atomic E-state index is 10.8. The maximum atomic E-state index is 10.8. The molecule has 0 aliphatic rings. The summed E-state index contributed by atoms with van der Waals surface area (Å²) < 4.78 is 5.42. The number of ether oxygens (including phenoxy) is 1. The van der Waals surface area contributed by atoms with E-state index in [1.54, 1.807) is 18.2 Å². The van der Waals surface area contributed by atoms with E-state index in [0.29, 0.717) is 31.9 Å². The van der Waals surface area contributed by atoms with Gasteiger partial charge in [0.15, 0.2) is 0 Å². The van der Waals surface area contributed by atoms with Crippen molar-refractivity contribution in [2.24, 2.45) is 0 Å². The number of hydrogen-bond donors (Lipinski definition) is 1.